The van der Waals surface area contributed by atoms with Crippen LogP contribution in [0.3, 0.4) is 0 Å². The first-order valence-corrected chi connectivity index (χ1v) is 10.4. The molecule has 0 bridgehead atoms. The van der Waals surface area contributed by atoms with Gasteiger partial charge in [0.2, 0.25) is 35.7 Å². The third kappa shape index (κ3) is 7.14. The Bertz CT molecular complexity index is 854. The molecular formula is C18H30N12O4. The van der Waals surface area contributed by atoms with E-state index < -0.39 is 12.2 Å². The van der Waals surface area contributed by atoms with Crippen LogP contribution >= 0.6 is 0 Å². The summed E-state index contributed by atoms with van der Waals surface area (Å²) in [6.45, 7) is 0.258. The first-order chi connectivity index (χ1) is 16.3. The van der Waals surface area contributed by atoms with E-state index in [9.17, 15) is 9.59 Å². The molecule has 2 aromatic heterocycles. The average molecular weight is 479 g/mol. The van der Waals surface area contributed by atoms with E-state index in [4.69, 9.17) is 9.47 Å². The van der Waals surface area contributed by atoms with Crippen molar-refractivity contribution in [2.75, 3.05) is 86.6 Å². The van der Waals surface area contributed by atoms with Gasteiger partial charge in [0.15, 0.2) is 0 Å². The van der Waals surface area contributed by atoms with Crippen LogP contribution < -0.4 is 31.1 Å². The number of nitrogens with zero attached hydrogens (tertiary/aromatic N) is 8. The summed E-state index contributed by atoms with van der Waals surface area (Å²) in [7, 11) is 9.62. The van der Waals surface area contributed by atoms with Gasteiger partial charge in [0, 0.05) is 42.3 Å². The highest BCUT2D eigenvalue weighted by Gasteiger charge is 2.19. The summed E-state index contributed by atoms with van der Waals surface area (Å²) in [5.74, 6) is 1.49. The molecule has 0 saturated heterocycles. The van der Waals surface area contributed by atoms with Crippen molar-refractivity contribution in [1.29, 1.82) is 0 Å². The Morgan fingerprint density at radius 2 is 0.912 bits per heavy atom. The Kier molecular flexibility index (Phi) is 9.72. The molecule has 186 valence electrons. The van der Waals surface area contributed by atoms with Crippen LogP contribution in [-0.4, -0.2) is 97.6 Å². The third-order valence-electron chi connectivity index (χ3n) is 4.28. The van der Waals surface area contributed by atoms with Crippen molar-refractivity contribution in [3.63, 3.8) is 0 Å². The van der Waals surface area contributed by atoms with Crippen LogP contribution in [0.5, 0.6) is 0 Å². The maximum absolute atomic E-state index is 12.3. The topological polar surface area (TPSA) is 185 Å². The number of carbonyl (C=O) groups is 2. The van der Waals surface area contributed by atoms with Crippen molar-refractivity contribution in [2.45, 2.75) is 12.8 Å². The molecule has 34 heavy (non-hydrogen) atoms. The molecule has 0 atom stereocenters. The molecule has 2 rings (SSSR count). The molecule has 2 aromatic rings. The van der Waals surface area contributed by atoms with Crippen LogP contribution in [-0.2, 0) is 9.47 Å². The lowest BCUT2D eigenvalue weighted by Crippen LogP contribution is -2.30. The summed E-state index contributed by atoms with van der Waals surface area (Å²) < 4.78 is 10.5. The number of aromatic nitrogens is 6. The van der Waals surface area contributed by atoms with E-state index in [-0.39, 0.29) is 25.1 Å². The molecule has 16 nitrogen and oxygen atoms in total. The minimum atomic E-state index is -0.623. The van der Waals surface area contributed by atoms with E-state index in [1.165, 1.54) is 23.9 Å². The number of ether oxygens (including phenoxy) is 2. The second-order valence-electron chi connectivity index (χ2n) is 6.62. The molecule has 16 heteroatoms. The standard InChI is InChI=1S/C18H30N12O4/c1-19-11-23-12(20-2)26-15(25-11)29(5)17(31)33-9-7-8-10-34-18(32)30(6)16-27-13(21-3)24-14(22-4)28-16/h7-10H2,1-6H3,(H2,19,20,23,25,26)(H2,21,22,24,27,28). The van der Waals surface area contributed by atoms with Gasteiger partial charge in [0.25, 0.3) is 0 Å². The maximum Gasteiger partial charge on any atom is 0.416 e. The fourth-order valence-corrected chi connectivity index (χ4v) is 2.36. The lowest BCUT2D eigenvalue weighted by Gasteiger charge is -2.17. The molecule has 0 radical (unpaired) electrons. The van der Waals surface area contributed by atoms with Crippen LogP contribution in [0.1, 0.15) is 12.8 Å². The quantitative estimate of drug-likeness (QED) is 0.333. The summed E-state index contributed by atoms with van der Waals surface area (Å²) in [6, 6.07) is 0. The molecule has 0 aromatic carbocycles. The highest BCUT2D eigenvalue weighted by Crippen LogP contribution is 2.14. The molecule has 0 aliphatic rings. The van der Waals surface area contributed by atoms with Crippen molar-refractivity contribution in [3.8, 4) is 0 Å². The van der Waals surface area contributed by atoms with Crippen molar-refractivity contribution >= 4 is 47.9 Å². The van der Waals surface area contributed by atoms with Gasteiger partial charge in [0.05, 0.1) is 13.2 Å². The fourth-order valence-electron chi connectivity index (χ4n) is 2.36. The van der Waals surface area contributed by atoms with Gasteiger partial charge >= 0.3 is 12.2 Å². The van der Waals surface area contributed by atoms with Gasteiger partial charge in [-0.3, -0.25) is 0 Å². The largest absolute Gasteiger partial charge is 0.449 e. The highest BCUT2D eigenvalue weighted by atomic mass is 16.6. The molecule has 2 amide bonds. The van der Waals surface area contributed by atoms with Crippen molar-refractivity contribution in [2.24, 2.45) is 0 Å². The SMILES string of the molecule is CNc1nc(NC)nc(N(C)C(=O)OCCCCOC(=O)N(C)c2nc(NC)nc(NC)n2)n1. The Labute approximate surface area is 196 Å². The molecule has 4 N–H and O–H groups in total. The number of hydrogen-bond donors (Lipinski definition) is 4. The summed E-state index contributed by atoms with van der Waals surface area (Å²) >= 11 is 0. The smallest absolute Gasteiger partial charge is 0.416 e. The van der Waals surface area contributed by atoms with Crippen LogP contribution in [0.15, 0.2) is 0 Å². The van der Waals surface area contributed by atoms with Gasteiger partial charge in [-0.2, -0.15) is 29.9 Å². The van der Waals surface area contributed by atoms with E-state index in [0.29, 0.717) is 36.6 Å². The van der Waals surface area contributed by atoms with Crippen molar-refractivity contribution < 1.29 is 19.1 Å². The van der Waals surface area contributed by atoms with E-state index in [2.05, 4.69) is 51.2 Å². The van der Waals surface area contributed by atoms with Gasteiger partial charge < -0.3 is 30.7 Å². The zero-order chi connectivity index (χ0) is 25.1. The van der Waals surface area contributed by atoms with Gasteiger partial charge in [0.1, 0.15) is 0 Å². The predicted molar refractivity (Wildman–Crippen MR) is 127 cm³/mol. The van der Waals surface area contributed by atoms with E-state index in [1.807, 2.05) is 0 Å². The Morgan fingerprint density at radius 3 is 1.18 bits per heavy atom. The van der Waals surface area contributed by atoms with Crippen LogP contribution in [0.4, 0.5) is 45.3 Å². The van der Waals surface area contributed by atoms with E-state index in [0.717, 1.165) is 0 Å². The van der Waals surface area contributed by atoms with Gasteiger partial charge in [-0.15, -0.1) is 0 Å². The first kappa shape index (κ1) is 26.0. The highest BCUT2D eigenvalue weighted by molar-refractivity contribution is 5.85. The second kappa shape index (κ2) is 12.7. The average Bonchev–Trinajstić information content (AvgIpc) is 2.88. The molecule has 0 aliphatic carbocycles. The summed E-state index contributed by atoms with van der Waals surface area (Å²) in [5, 5.41) is 11.2. The van der Waals surface area contributed by atoms with E-state index >= 15 is 0 Å². The number of rotatable bonds is 11. The first-order valence-electron chi connectivity index (χ1n) is 10.4. The molecule has 0 spiro atoms. The number of carbonyl (C=O) groups excluding carboxylic acids is 2. The minimum absolute atomic E-state index is 0.129. The minimum Gasteiger partial charge on any atom is -0.449 e. The fraction of sp³-hybridized carbons (Fsp3) is 0.556. The zero-order valence-electron chi connectivity index (χ0n) is 20.0. The molecule has 0 saturated carbocycles. The summed E-state index contributed by atoms with van der Waals surface area (Å²) in [6.07, 6.45) is -0.279. The number of amides is 2. The maximum atomic E-state index is 12.3. The van der Waals surface area contributed by atoms with Crippen molar-refractivity contribution in [1.82, 2.24) is 29.9 Å². The number of unbranched alkanes of at least 4 members (excludes halogenated alkanes) is 1. The van der Waals surface area contributed by atoms with Gasteiger partial charge in [-0.05, 0) is 12.8 Å². The summed E-state index contributed by atoms with van der Waals surface area (Å²) in [4.78, 5) is 51.6. The molecular weight excluding hydrogens is 448 g/mol. The normalized spacial score (nSPS) is 10.2. The zero-order valence-corrected chi connectivity index (χ0v) is 20.0. The number of anilines is 6. The number of nitrogens with one attached hydrogen (secondary N) is 4. The third-order valence-corrected chi connectivity index (χ3v) is 4.28. The molecule has 0 unspecified atom stereocenters. The van der Waals surface area contributed by atoms with Crippen LogP contribution in [0, 0.1) is 0 Å². The van der Waals surface area contributed by atoms with Crippen molar-refractivity contribution in [3.05, 3.63) is 0 Å². The van der Waals surface area contributed by atoms with Crippen LogP contribution in [0.25, 0.3) is 0 Å². The lowest BCUT2D eigenvalue weighted by molar-refractivity contribution is 0.136. The second-order valence-corrected chi connectivity index (χ2v) is 6.62. The van der Waals surface area contributed by atoms with Gasteiger partial charge in [-0.25, -0.2) is 19.4 Å². The lowest BCUT2D eigenvalue weighted by atomic mass is 10.3. The molecule has 2 heterocycles. The van der Waals surface area contributed by atoms with Gasteiger partial charge in [-0.1, -0.05) is 0 Å². The molecule has 0 aliphatic heterocycles. The Hall–Kier alpha value is -4.24. The monoisotopic (exact) mass is 478 g/mol. The predicted octanol–water partition coefficient (Wildman–Crippen LogP) is 0.849. The van der Waals surface area contributed by atoms with Crippen LogP contribution in [0.2, 0.25) is 0 Å². The number of hydrogen-bond acceptors (Lipinski definition) is 14. The Morgan fingerprint density at radius 1 is 0.618 bits per heavy atom. The van der Waals surface area contributed by atoms with E-state index in [1.54, 1.807) is 28.2 Å². The molecule has 0 fully saturated rings. The summed E-state index contributed by atoms with van der Waals surface area (Å²) in [5.41, 5.74) is 0. The Balaban J connectivity index is 1.76.